The smallest absolute Gasteiger partial charge is 0.226 e. The summed E-state index contributed by atoms with van der Waals surface area (Å²) in [5.74, 6) is 0.203. The van der Waals surface area contributed by atoms with Gasteiger partial charge in [0.15, 0.2) is 0 Å². The first-order valence-corrected chi connectivity index (χ1v) is 9.98. The van der Waals surface area contributed by atoms with Crippen molar-refractivity contribution in [1.82, 2.24) is 4.90 Å². The van der Waals surface area contributed by atoms with Gasteiger partial charge in [0.25, 0.3) is 0 Å². The molecule has 2 aliphatic rings. The maximum atomic E-state index is 12.8. The van der Waals surface area contributed by atoms with Gasteiger partial charge >= 0.3 is 0 Å². The average molecular weight is 468 g/mol. The van der Waals surface area contributed by atoms with E-state index in [1.807, 2.05) is 22.6 Å². The maximum absolute atomic E-state index is 12.8. The molecule has 1 aliphatic heterocycles. The van der Waals surface area contributed by atoms with Crippen LogP contribution in [-0.4, -0.2) is 28.5 Å². The van der Waals surface area contributed by atoms with E-state index in [4.69, 9.17) is 23.2 Å². The van der Waals surface area contributed by atoms with Gasteiger partial charge in [-0.05, 0) is 59.9 Å². The van der Waals surface area contributed by atoms with Crippen LogP contribution >= 0.6 is 45.8 Å². The summed E-state index contributed by atoms with van der Waals surface area (Å²) in [6.07, 6.45) is 7.34. The van der Waals surface area contributed by atoms with Gasteiger partial charge in [0.2, 0.25) is 5.91 Å². The predicted octanol–water partition coefficient (Wildman–Crippen LogP) is 5.03. The second-order valence-electron chi connectivity index (χ2n) is 6.49. The van der Waals surface area contributed by atoms with Crippen LogP contribution in [0, 0.1) is 9.49 Å². The summed E-state index contributed by atoms with van der Waals surface area (Å²) in [6.45, 7) is 0.833. The largest absolute Gasteiger partial charge is 0.505 e. The van der Waals surface area contributed by atoms with E-state index in [0.29, 0.717) is 26.6 Å². The van der Waals surface area contributed by atoms with E-state index in [2.05, 4.69) is 4.90 Å². The minimum Gasteiger partial charge on any atom is -0.505 e. The lowest BCUT2D eigenvalue weighted by atomic mass is 9.94. The first kappa shape index (κ1) is 17.6. The highest BCUT2D eigenvalue weighted by Gasteiger charge is 2.36. The van der Waals surface area contributed by atoms with Crippen LogP contribution < -0.4 is 0 Å². The van der Waals surface area contributed by atoms with Crippen molar-refractivity contribution >= 4 is 51.7 Å². The number of phenols is 1. The third kappa shape index (κ3) is 3.59. The van der Waals surface area contributed by atoms with E-state index >= 15 is 0 Å². The lowest BCUT2D eigenvalue weighted by molar-refractivity contribution is -0.133. The van der Waals surface area contributed by atoms with Gasteiger partial charge in [0.1, 0.15) is 5.75 Å². The Bertz CT molecular complexity index is 617. The summed E-state index contributed by atoms with van der Waals surface area (Å²) in [7, 11) is 0. The topological polar surface area (TPSA) is 40.5 Å². The molecule has 1 saturated carbocycles. The Morgan fingerprint density at radius 2 is 1.91 bits per heavy atom. The highest BCUT2D eigenvalue weighted by molar-refractivity contribution is 14.1. The van der Waals surface area contributed by atoms with E-state index < -0.39 is 0 Å². The molecule has 0 spiro atoms. The highest BCUT2D eigenvalue weighted by Crippen LogP contribution is 2.39. The number of likely N-dealkylation sites (tertiary alicyclic amines) is 1. The molecule has 1 unspecified atom stereocenters. The van der Waals surface area contributed by atoms with Crippen molar-refractivity contribution < 1.29 is 9.90 Å². The van der Waals surface area contributed by atoms with Crippen molar-refractivity contribution in [3.63, 3.8) is 0 Å². The van der Waals surface area contributed by atoms with Crippen molar-refractivity contribution in [3.05, 3.63) is 25.2 Å². The number of hydrogen-bond acceptors (Lipinski definition) is 2. The summed E-state index contributed by atoms with van der Waals surface area (Å²) in [4.78, 5) is 14.8. The lowest BCUT2D eigenvalue weighted by Crippen LogP contribution is -2.39. The lowest BCUT2D eigenvalue weighted by Gasteiger charge is -2.31. The second-order valence-corrected chi connectivity index (χ2v) is 8.44. The number of carbonyl (C=O) groups excluding carboxylic acids is 1. The predicted molar refractivity (Wildman–Crippen MR) is 101 cm³/mol. The van der Waals surface area contributed by atoms with Gasteiger partial charge in [-0.15, -0.1) is 0 Å². The van der Waals surface area contributed by atoms with Crippen molar-refractivity contribution in [1.29, 1.82) is 0 Å². The molecule has 23 heavy (non-hydrogen) atoms. The fourth-order valence-electron chi connectivity index (χ4n) is 3.76. The zero-order chi connectivity index (χ0) is 16.6. The summed E-state index contributed by atoms with van der Waals surface area (Å²) >= 11 is 14.5. The Kier molecular flexibility index (Phi) is 5.64. The molecule has 1 aromatic rings. The molecule has 1 saturated heterocycles. The molecule has 0 aromatic heterocycles. The third-order valence-electron chi connectivity index (χ3n) is 5.06. The van der Waals surface area contributed by atoms with Gasteiger partial charge in [-0.1, -0.05) is 42.5 Å². The van der Waals surface area contributed by atoms with Gasteiger partial charge < -0.3 is 10.0 Å². The Labute approximate surface area is 160 Å². The van der Waals surface area contributed by atoms with E-state index in [9.17, 15) is 9.90 Å². The van der Waals surface area contributed by atoms with E-state index in [0.717, 1.165) is 25.8 Å². The number of aromatic hydroxyl groups is 1. The zero-order valence-corrected chi connectivity index (χ0v) is 16.5. The molecule has 0 bridgehead atoms. The molecule has 2 fully saturated rings. The maximum Gasteiger partial charge on any atom is 0.226 e. The van der Waals surface area contributed by atoms with E-state index in [1.54, 1.807) is 6.07 Å². The van der Waals surface area contributed by atoms with Crippen LogP contribution in [0.5, 0.6) is 5.75 Å². The average Bonchev–Trinajstić information content (AvgIpc) is 2.91. The fourth-order valence-corrected chi connectivity index (χ4v) is 5.30. The molecule has 126 valence electrons. The van der Waals surface area contributed by atoms with Crippen LogP contribution in [-0.2, 0) is 11.2 Å². The number of halogens is 3. The van der Waals surface area contributed by atoms with Crippen LogP contribution in [0.15, 0.2) is 6.07 Å². The van der Waals surface area contributed by atoms with Crippen molar-refractivity contribution in [3.8, 4) is 5.75 Å². The Morgan fingerprint density at radius 1 is 1.22 bits per heavy atom. The summed E-state index contributed by atoms with van der Waals surface area (Å²) in [5, 5.41) is 10.8. The molecule has 3 nitrogen and oxygen atoms in total. The second kappa shape index (κ2) is 7.36. The van der Waals surface area contributed by atoms with Crippen molar-refractivity contribution in [2.45, 2.75) is 51.0 Å². The number of nitrogens with zero attached hydrogens (tertiary/aromatic N) is 1. The normalized spacial score (nSPS) is 22.8. The van der Waals surface area contributed by atoms with Crippen LogP contribution in [0.4, 0.5) is 0 Å². The minimum absolute atomic E-state index is 0.0567. The quantitative estimate of drug-likeness (QED) is 0.633. The molecule has 1 atom stereocenters. The molecule has 1 aromatic carbocycles. The Hall–Kier alpha value is -0.200. The number of carbonyl (C=O) groups is 1. The first-order chi connectivity index (χ1) is 11.0. The molecule has 0 radical (unpaired) electrons. The van der Waals surface area contributed by atoms with Crippen LogP contribution in [0.1, 0.15) is 44.1 Å². The van der Waals surface area contributed by atoms with E-state index in [1.165, 1.54) is 19.3 Å². The molecule has 1 heterocycles. The molecular formula is C17H20Cl2INO2. The third-order valence-corrected chi connectivity index (χ3v) is 6.62. The van der Waals surface area contributed by atoms with Gasteiger partial charge in [0.05, 0.1) is 8.59 Å². The van der Waals surface area contributed by atoms with Crippen molar-refractivity contribution in [2.24, 2.45) is 5.92 Å². The summed E-state index contributed by atoms with van der Waals surface area (Å²) in [5.41, 5.74) is 0.690. The zero-order valence-electron chi connectivity index (χ0n) is 12.8. The molecule has 1 N–H and O–H groups in total. The molecular weight excluding hydrogens is 448 g/mol. The number of amides is 1. The summed E-state index contributed by atoms with van der Waals surface area (Å²) < 4.78 is 0.628. The number of rotatable bonds is 3. The van der Waals surface area contributed by atoms with Crippen molar-refractivity contribution in [2.75, 3.05) is 6.54 Å². The van der Waals surface area contributed by atoms with Crippen LogP contribution in [0.3, 0.4) is 0 Å². The summed E-state index contributed by atoms with van der Waals surface area (Å²) in [6, 6.07) is 2.12. The number of benzene rings is 1. The van der Waals surface area contributed by atoms with Gasteiger partial charge in [-0.3, -0.25) is 4.79 Å². The molecule has 1 aliphatic carbocycles. The van der Waals surface area contributed by atoms with Crippen LogP contribution in [0.2, 0.25) is 10.0 Å². The number of hydrogen-bond donors (Lipinski definition) is 1. The van der Waals surface area contributed by atoms with Gasteiger partial charge in [-0.25, -0.2) is 0 Å². The monoisotopic (exact) mass is 467 g/mol. The van der Waals surface area contributed by atoms with Crippen LogP contribution in [0.25, 0.3) is 0 Å². The highest BCUT2D eigenvalue weighted by atomic mass is 127. The van der Waals surface area contributed by atoms with E-state index in [-0.39, 0.29) is 22.6 Å². The first-order valence-electron chi connectivity index (χ1n) is 8.15. The molecule has 1 amide bonds. The SMILES string of the molecule is O=C1C(Cc2c(Cl)cc(I)c(O)c2Cl)CCN1C1CCCCC1. The van der Waals surface area contributed by atoms with Gasteiger partial charge in [-0.2, -0.15) is 0 Å². The standard InChI is InChI=1S/C17H20Cl2INO2/c18-13-9-14(20)16(22)15(19)12(13)8-10-6-7-21(17(10)23)11-4-2-1-3-5-11/h9-11,22H,1-8H2. The fraction of sp³-hybridized carbons (Fsp3) is 0.588. The van der Waals surface area contributed by atoms with Gasteiger partial charge in [0, 0.05) is 23.5 Å². The molecule has 6 heteroatoms. The Balaban J connectivity index is 1.74. The minimum atomic E-state index is -0.0774. The Morgan fingerprint density at radius 3 is 2.61 bits per heavy atom. The molecule has 3 rings (SSSR count). The number of phenolic OH excluding ortho intramolecular Hbond substituents is 1.